The molecule has 0 bridgehead atoms. The summed E-state index contributed by atoms with van der Waals surface area (Å²) in [6, 6.07) is 16.1. The second kappa shape index (κ2) is 9.58. The molecule has 1 aliphatic heterocycles. The van der Waals surface area contributed by atoms with Gasteiger partial charge in [0, 0.05) is 43.4 Å². The Morgan fingerprint density at radius 1 is 1.11 bits per heavy atom. The zero-order valence-corrected chi connectivity index (χ0v) is 16.5. The van der Waals surface area contributed by atoms with Crippen LogP contribution in [0.4, 0.5) is 5.69 Å². The Bertz CT molecular complexity index is 783. The summed E-state index contributed by atoms with van der Waals surface area (Å²) in [5, 5.41) is 3.89. The van der Waals surface area contributed by atoms with Crippen molar-refractivity contribution in [3.63, 3.8) is 0 Å². The van der Waals surface area contributed by atoms with Crippen LogP contribution in [0.3, 0.4) is 0 Å². The standard InChI is InChI=1S/C22H26ClN3O/c1-18-9-10-20(16-21(18)23)24-17-22(27)26-14-12-25(13-15-26)11-5-8-19-6-3-2-4-7-19/h2-10,16,24H,11-15,17H2,1H3/b8-5+. The van der Waals surface area contributed by atoms with Gasteiger partial charge in [-0.05, 0) is 30.2 Å². The Balaban J connectivity index is 1.39. The molecule has 1 amide bonds. The van der Waals surface area contributed by atoms with Crippen LogP contribution in [0.1, 0.15) is 11.1 Å². The third-order valence-electron chi connectivity index (χ3n) is 4.81. The number of benzene rings is 2. The van der Waals surface area contributed by atoms with Crippen LogP contribution in [0.25, 0.3) is 6.08 Å². The van der Waals surface area contributed by atoms with E-state index in [9.17, 15) is 4.79 Å². The first kappa shape index (κ1) is 19.5. The Morgan fingerprint density at radius 2 is 1.85 bits per heavy atom. The second-order valence-electron chi connectivity index (χ2n) is 6.81. The first-order valence-corrected chi connectivity index (χ1v) is 9.71. The molecule has 1 heterocycles. The Kier molecular flexibility index (Phi) is 6.91. The number of amides is 1. The van der Waals surface area contributed by atoms with Crippen molar-refractivity contribution in [2.75, 3.05) is 44.6 Å². The molecule has 0 aliphatic carbocycles. The van der Waals surface area contributed by atoms with Crippen molar-refractivity contribution in [3.05, 3.63) is 70.8 Å². The van der Waals surface area contributed by atoms with Gasteiger partial charge < -0.3 is 10.2 Å². The molecule has 5 heteroatoms. The average Bonchev–Trinajstić information content (AvgIpc) is 2.70. The van der Waals surface area contributed by atoms with Gasteiger partial charge >= 0.3 is 0 Å². The minimum Gasteiger partial charge on any atom is -0.376 e. The van der Waals surface area contributed by atoms with Crippen LogP contribution < -0.4 is 5.32 Å². The number of anilines is 1. The molecule has 3 rings (SSSR count). The summed E-state index contributed by atoms with van der Waals surface area (Å²) in [6.45, 7) is 6.53. The fourth-order valence-corrected chi connectivity index (χ4v) is 3.25. The lowest BCUT2D eigenvalue weighted by atomic mass is 10.2. The monoisotopic (exact) mass is 383 g/mol. The van der Waals surface area contributed by atoms with Gasteiger partial charge in [-0.2, -0.15) is 0 Å². The van der Waals surface area contributed by atoms with Crippen molar-refractivity contribution in [2.45, 2.75) is 6.92 Å². The number of rotatable bonds is 6. The van der Waals surface area contributed by atoms with E-state index in [1.165, 1.54) is 5.56 Å². The Hall–Kier alpha value is -2.30. The highest BCUT2D eigenvalue weighted by molar-refractivity contribution is 6.31. The molecule has 142 valence electrons. The molecule has 27 heavy (non-hydrogen) atoms. The number of aryl methyl sites for hydroxylation is 1. The first-order valence-electron chi connectivity index (χ1n) is 9.33. The molecule has 0 spiro atoms. The fraction of sp³-hybridized carbons (Fsp3) is 0.318. The molecular weight excluding hydrogens is 358 g/mol. The summed E-state index contributed by atoms with van der Waals surface area (Å²) in [5.74, 6) is 0.131. The van der Waals surface area contributed by atoms with Gasteiger partial charge in [0.25, 0.3) is 0 Å². The smallest absolute Gasteiger partial charge is 0.241 e. The molecule has 0 aromatic heterocycles. The van der Waals surface area contributed by atoms with Gasteiger partial charge in [0.2, 0.25) is 5.91 Å². The molecule has 1 aliphatic rings. The van der Waals surface area contributed by atoms with E-state index >= 15 is 0 Å². The van der Waals surface area contributed by atoms with E-state index in [4.69, 9.17) is 11.6 Å². The predicted octanol–water partition coefficient (Wildman–Crippen LogP) is 3.92. The normalized spacial score (nSPS) is 15.3. The molecule has 0 unspecified atom stereocenters. The SMILES string of the molecule is Cc1ccc(NCC(=O)N2CCN(C/C=C/c3ccccc3)CC2)cc1Cl. The lowest BCUT2D eigenvalue weighted by Crippen LogP contribution is -2.50. The summed E-state index contributed by atoms with van der Waals surface area (Å²) in [7, 11) is 0. The Labute approximate surface area is 166 Å². The summed E-state index contributed by atoms with van der Waals surface area (Å²) in [6.07, 6.45) is 4.34. The first-order chi connectivity index (χ1) is 13.1. The van der Waals surface area contributed by atoms with Crippen LogP contribution >= 0.6 is 11.6 Å². The average molecular weight is 384 g/mol. The number of hydrogen-bond donors (Lipinski definition) is 1. The molecule has 0 radical (unpaired) electrons. The molecule has 0 saturated carbocycles. The quantitative estimate of drug-likeness (QED) is 0.821. The van der Waals surface area contributed by atoms with Crippen molar-refractivity contribution < 1.29 is 4.79 Å². The molecule has 2 aromatic rings. The topological polar surface area (TPSA) is 35.6 Å². The fourth-order valence-electron chi connectivity index (χ4n) is 3.07. The van der Waals surface area contributed by atoms with E-state index in [2.05, 4.69) is 34.5 Å². The molecule has 4 nitrogen and oxygen atoms in total. The molecule has 2 aromatic carbocycles. The summed E-state index contributed by atoms with van der Waals surface area (Å²) in [4.78, 5) is 16.7. The maximum Gasteiger partial charge on any atom is 0.241 e. The van der Waals surface area contributed by atoms with E-state index in [-0.39, 0.29) is 5.91 Å². The number of carbonyl (C=O) groups excluding carboxylic acids is 1. The molecule has 1 N–H and O–H groups in total. The van der Waals surface area contributed by atoms with Crippen LogP contribution in [-0.2, 0) is 4.79 Å². The van der Waals surface area contributed by atoms with Crippen molar-refractivity contribution in [1.82, 2.24) is 9.80 Å². The maximum atomic E-state index is 12.4. The number of halogens is 1. The minimum atomic E-state index is 0.131. The molecular formula is C22H26ClN3O. The van der Waals surface area contributed by atoms with Crippen LogP contribution in [-0.4, -0.2) is 55.0 Å². The van der Waals surface area contributed by atoms with Crippen LogP contribution in [0, 0.1) is 6.92 Å². The zero-order chi connectivity index (χ0) is 19.1. The van der Waals surface area contributed by atoms with Crippen molar-refractivity contribution in [1.29, 1.82) is 0 Å². The lowest BCUT2D eigenvalue weighted by Gasteiger charge is -2.34. The van der Waals surface area contributed by atoms with Crippen LogP contribution in [0.5, 0.6) is 0 Å². The highest BCUT2D eigenvalue weighted by Gasteiger charge is 2.20. The number of nitrogens with one attached hydrogen (secondary N) is 1. The van der Waals surface area contributed by atoms with Crippen molar-refractivity contribution in [2.24, 2.45) is 0 Å². The number of piperazine rings is 1. The van der Waals surface area contributed by atoms with E-state index < -0.39 is 0 Å². The molecule has 0 atom stereocenters. The predicted molar refractivity (Wildman–Crippen MR) is 113 cm³/mol. The van der Waals surface area contributed by atoms with E-state index in [1.54, 1.807) is 0 Å². The largest absolute Gasteiger partial charge is 0.376 e. The second-order valence-corrected chi connectivity index (χ2v) is 7.22. The molecule has 1 fully saturated rings. The summed E-state index contributed by atoms with van der Waals surface area (Å²) < 4.78 is 0. The van der Waals surface area contributed by atoms with Gasteiger partial charge in [-0.15, -0.1) is 0 Å². The van der Waals surface area contributed by atoms with E-state index in [0.717, 1.165) is 44.0 Å². The minimum absolute atomic E-state index is 0.131. The lowest BCUT2D eigenvalue weighted by molar-refractivity contribution is -0.130. The van der Waals surface area contributed by atoms with Crippen LogP contribution in [0.2, 0.25) is 5.02 Å². The zero-order valence-electron chi connectivity index (χ0n) is 15.7. The van der Waals surface area contributed by atoms with Crippen molar-refractivity contribution in [3.8, 4) is 0 Å². The van der Waals surface area contributed by atoms with Crippen LogP contribution in [0.15, 0.2) is 54.6 Å². The van der Waals surface area contributed by atoms with E-state index in [0.29, 0.717) is 11.6 Å². The third-order valence-corrected chi connectivity index (χ3v) is 5.22. The third kappa shape index (κ3) is 5.84. The van der Waals surface area contributed by atoms with Crippen molar-refractivity contribution >= 4 is 29.3 Å². The van der Waals surface area contributed by atoms with Gasteiger partial charge in [-0.1, -0.05) is 60.2 Å². The number of carbonyl (C=O) groups is 1. The maximum absolute atomic E-state index is 12.4. The highest BCUT2D eigenvalue weighted by Crippen LogP contribution is 2.19. The summed E-state index contributed by atoms with van der Waals surface area (Å²) >= 11 is 6.13. The highest BCUT2D eigenvalue weighted by atomic mass is 35.5. The number of hydrogen-bond acceptors (Lipinski definition) is 3. The Morgan fingerprint density at radius 3 is 2.56 bits per heavy atom. The van der Waals surface area contributed by atoms with Gasteiger partial charge in [0.1, 0.15) is 0 Å². The van der Waals surface area contributed by atoms with E-state index in [1.807, 2.05) is 48.2 Å². The summed E-state index contributed by atoms with van der Waals surface area (Å²) in [5.41, 5.74) is 3.13. The number of nitrogens with zero attached hydrogens (tertiary/aromatic N) is 2. The van der Waals surface area contributed by atoms with Gasteiger partial charge in [-0.25, -0.2) is 0 Å². The van der Waals surface area contributed by atoms with Gasteiger partial charge in [-0.3, -0.25) is 9.69 Å². The molecule has 1 saturated heterocycles. The van der Waals surface area contributed by atoms with Gasteiger partial charge in [0.05, 0.1) is 6.54 Å². The van der Waals surface area contributed by atoms with Gasteiger partial charge in [0.15, 0.2) is 0 Å².